The van der Waals surface area contributed by atoms with Crippen molar-refractivity contribution < 1.29 is 9.53 Å². The molecule has 2 aromatic rings. The van der Waals surface area contributed by atoms with E-state index >= 15 is 0 Å². The Morgan fingerprint density at radius 3 is 2.57 bits per heavy atom. The number of carbonyl (C=O) groups excluding carboxylic acids is 1. The largest absolute Gasteiger partial charge is 0.481 e. The first-order chi connectivity index (χ1) is 13.5. The predicted molar refractivity (Wildman–Crippen MR) is 116 cm³/mol. The van der Waals surface area contributed by atoms with Crippen molar-refractivity contribution in [3.8, 4) is 5.75 Å². The maximum Gasteiger partial charge on any atom is 0.265 e. The summed E-state index contributed by atoms with van der Waals surface area (Å²) in [7, 11) is 0. The number of ether oxygens (including phenoxy) is 1. The first kappa shape index (κ1) is 20.5. The third kappa shape index (κ3) is 4.97. The summed E-state index contributed by atoms with van der Waals surface area (Å²) in [6, 6.07) is 13.3. The summed E-state index contributed by atoms with van der Waals surface area (Å²) >= 11 is 5.99. The second-order valence-corrected chi connectivity index (χ2v) is 7.53. The topological polar surface area (TPSA) is 44.8 Å². The van der Waals surface area contributed by atoms with E-state index in [2.05, 4.69) is 28.1 Å². The number of halogens is 1. The summed E-state index contributed by atoms with van der Waals surface area (Å²) in [5.74, 6) is 0.491. The van der Waals surface area contributed by atoms with E-state index in [1.807, 2.05) is 31.2 Å². The quantitative estimate of drug-likeness (QED) is 0.788. The Kier molecular flexibility index (Phi) is 6.81. The molecule has 150 valence electrons. The number of likely N-dealkylation sites (N-methyl/N-ethyl adjacent to an activating group) is 1. The molecule has 1 amide bonds. The molecule has 2 aromatic carbocycles. The molecule has 1 heterocycles. The molecule has 1 unspecified atom stereocenters. The number of anilines is 2. The van der Waals surface area contributed by atoms with Gasteiger partial charge in [-0.1, -0.05) is 30.7 Å². The first-order valence-corrected chi connectivity index (χ1v) is 10.2. The highest BCUT2D eigenvalue weighted by Gasteiger charge is 2.21. The van der Waals surface area contributed by atoms with Crippen molar-refractivity contribution in [3.63, 3.8) is 0 Å². The van der Waals surface area contributed by atoms with Crippen LogP contribution >= 0.6 is 11.6 Å². The SMILES string of the molecule is CCN1CCN(c2ccccc2NC(=O)C(C)Oc2ccc(Cl)cc2C)CC1. The molecule has 1 N–H and O–H groups in total. The fraction of sp³-hybridized carbons (Fsp3) is 0.409. The van der Waals surface area contributed by atoms with Crippen molar-refractivity contribution >= 4 is 28.9 Å². The van der Waals surface area contributed by atoms with Crippen LogP contribution in [0.5, 0.6) is 5.75 Å². The van der Waals surface area contributed by atoms with Gasteiger partial charge in [0.05, 0.1) is 11.4 Å². The van der Waals surface area contributed by atoms with Crippen LogP contribution in [0, 0.1) is 6.92 Å². The number of hydrogen-bond donors (Lipinski definition) is 1. The van der Waals surface area contributed by atoms with Crippen LogP contribution in [0.4, 0.5) is 11.4 Å². The van der Waals surface area contributed by atoms with Gasteiger partial charge in [0, 0.05) is 31.2 Å². The lowest BCUT2D eigenvalue weighted by molar-refractivity contribution is -0.122. The maximum atomic E-state index is 12.7. The molecule has 1 saturated heterocycles. The van der Waals surface area contributed by atoms with E-state index in [9.17, 15) is 4.79 Å². The second-order valence-electron chi connectivity index (χ2n) is 7.10. The Hall–Kier alpha value is -2.24. The van der Waals surface area contributed by atoms with E-state index in [0.717, 1.165) is 49.7 Å². The molecule has 1 aliphatic heterocycles. The number of piperazine rings is 1. The number of benzene rings is 2. The normalized spacial score (nSPS) is 15.9. The average Bonchev–Trinajstić information content (AvgIpc) is 2.70. The van der Waals surface area contributed by atoms with E-state index in [0.29, 0.717) is 10.8 Å². The third-order valence-corrected chi connectivity index (χ3v) is 5.37. The van der Waals surface area contributed by atoms with Crippen LogP contribution in [-0.4, -0.2) is 49.6 Å². The molecule has 0 saturated carbocycles. The van der Waals surface area contributed by atoms with Gasteiger partial charge in [0.15, 0.2) is 6.10 Å². The summed E-state index contributed by atoms with van der Waals surface area (Å²) in [6.45, 7) is 10.9. The van der Waals surface area contributed by atoms with Gasteiger partial charge in [-0.15, -0.1) is 0 Å². The van der Waals surface area contributed by atoms with Crippen molar-refractivity contribution in [2.75, 3.05) is 42.9 Å². The lowest BCUT2D eigenvalue weighted by atomic mass is 10.2. The van der Waals surface area contributed by atoms with Crippen LogP contribution in [0.1, 0.15) is 19.4 Å². The molecule has 28 heavy (non-hydrogen) atoms. The Labute approximate surface area is 172 Å². The van der Waals surface area contributed by atoms with Crippen LogP contribution < -0.4 is 15.0 Å². The zero-order valence-corrected chi connectivity index (χ0v) is 17.5. The first-order valence-electron chi connectivity index (χ1n) is 9.78. The minimum atomic E-state index is -0.620. The molecule has 1 atom stereocenters. The number of amides is 1. The summed E-state index contributed by atoms with van der Waals surface area (Å²) in [5.41, 5.74) is 2.78. The van der Waals surface area contributed by atoms with Crippen LogP contribution in [0.2, 0.25) is 5.02 Å². The van der Waals surface area contributed by atoms with Crippen LogP contribution in [0.15, 0.2) is 42.5 Å². The molecule has 1 fully saturated rings. The summed E-state index contributed by atoms with van der Waals surface area (Å²) in [6.07, 6.45) is -0.620. The number of aryl methyl sites for hydroxylation is 1. The fourth-order valence-electron chi connectivity index (χ4n) is 3.38. The molecular formula is C22H28ClN3O2. The zero-order valence-electron chi connectivity index (χ0n) is 16.7. The van der Waals surface area contributed by atoms with Gasteiger partial charge in [-0.05, 0) is 56.3 Å². The summed E-state index contributed by atoms with van der Waals surface area (Å²) in [4.78, 5) is 17.5. The molecule has 0 aliphatic carbocycles. The monoisotopic (exact) mass is 401 g/mol. The molecule has 5 nitrogen and oxygen atoms in total. The Morgan fingerprint density at radius 2 is 1.89 bits per heavy atom. The van der Waals surface area contributed by atoms with Crippen molar-refractivity contribution in [2.24, 2.45) is 0 Å². The average molecular weight is 402 g/mol. The van der Waals surface area contributed by atoms with Gasteiger partial charge in [-0.25, -0.2) is 0 Å². The number of nitrogens with one attached hydrogen (secondary N) is 1. The Balaban J connectivity index is 1.67. The zero-order chi connectivity index (χ0) is 20.1. The van der Waals surface area contributed by atoms with E-state index in [4.69, 9.17) is 16.3 Å². The molecule has 0 aromatic heterocycles. The molecule has 0 bridgehead atoms. The number of carbonyl (C=O) groups is 1. The lowest BCUT2D eigenvalue weighted by Gasteiger charge is -2.36. The molecule has 6 heteroatoms. The smallest absolute Gasteiger partial charge is 0.265 e. The van der Waals surface area contributed by atoms with Crippen LogP contribution in [-0.2, 0) is 4.79 Å². The van der Waals surface area contributed by atoms with Crippen molar-refractivity contribution in [2.45, 2.75) is 26.9 Å². The number of nitrogens with zero attached hydrogens (tertiary/aromatic N) is 2. The lowest BCUT2D eigenvalue weighted by Crippen LogP contribution is -2.46. The van der Waals surface area contributed by atoms with Crippen LogP contribution in [0.3, 0.4) is 0 Å². The van der Waals surface area contributed by atoms with E-state index in [1.165, 1.54) is 0 Å². The Morgan fingerprint density at radius 1 is 1.18 bits per heavy atom. The van der Waals surface area contributed by atoms with Gasteiger partial charge < -0.3 is 19.9 Å². The molecule has 0 radical (unpaired) electrons. The number of hydrogen-bond acceptors (Lipinski definition) is 4. The van der Waals surface area contributed by atoms with Crippen molar-refractivity contribution in [1.82, 2.24) is 4.90 Å². The molecular weight excluding hydrogens is 374 g/mol. The van der Waals surface area contributed by atoms with Crippen molar-refractivity contribution in [1.29, 1.82) is 0 Å². The highest BCUT2D eigenvalue weighted by Crippen LogP contribution is 2.27. The standard InChI is InChI=1S/C22H28ClN3O2/c1-4-25-11-13-26(14-12-25)20-8-6-5-7-19(20)24-22(27)17(3)28-21-10-9-18(23)15-16(21)2/h5-10,15,17H,4,11-14H2,1-3H3,(H,24,27). The highest BCUT2D eigenvalue weighted by atomic mass is 35.5. The van der Waals surface area contributed by atoms with Crippen molar-refractivity contribution in [3.05, 3.63) is 53.1 Å². The molecule has 3 rings (SSSR count). The van der Waals surface area contributed by atoms with E-state index in [-0.39, 0.29) is 5.91 Å². The minimum Gasteiger partial charge on any atom is -0.481 e. The molecule has 0 spiro atoms. The van der Waals surface area contributed by atoms with E-state index in [1.54, 1.807) is 19.1 Å². The van der Waals surface area contributed by atoms with Gasteiger partial charge in [0.1, 0.15) is 5.75 Å². The summed E-state index contributed by atoms with van der Waals surface area (Å²) < 4.78 is 5.86. The minimum absolute atomic E-state index is 0.172. The van der Waals surface area contributed by atoms with Crippen LogP contribution in [0.25, 0.3) is 0 Å². The number of para-hydroxylation sites is 2. The van der Waals surface area contributed by atoms with Gasteiger partial charge in [-0.3, -0.25) is 4.79 Å². The highest BCUT2D eigenvalue weighted by molar-refractivity contribution is 6.30. The summed E-state index contributed by atoms with van der Waals surface area (Å²) in [5, 5.41) is 3.69. The van der Waals surface area contributed by atoms with Gasteiger partial charge >= 0.3 is 0 Å². The van der Waals surface area contributed by atoms with Gasteiger partial charge in [0.2, 0.25) is 0 Å². The van der Waals surface area contributed by atoms with Gasteiger partial charge in [-0.2, -0.15) is 0 Å². The Bertz CT molecular complexity index is 819. The fourth-order valence-corrected chi connectivity index (χ4v) is 3.61. The number of rotatable bonds is 6. The predicted octanol–water partition coefficient (Wildman–Crippen LogP) is 4.20. The molecule has 1 aliphatic rings. The van der Waals surface area contributed by atoms with Gasteiger partial charge in [0.25, 0.3) is 5.91 Å². The third-order valence-electron chi connectivity index (χ3n) is 5.13. The van der Waals surface area contributed by atoms with E-state index < -0.39 is 6.10 Å². The maximum absolute atomic E-state index is 12.7. The second kappa shape index (κ2) is 9.30.